The molecule has 146 valence electrons. The first kappa shape index (κ1) is 19.8. The van der Waals surface area contributed by atoms with Gasteiger partial charge in [0.15, 0.2) is 11.5 Å². The number of nitrogens with one attached hydrogen (secondary N) is 1. The standard InChI is InChI=1S/C20H21N3O4S/c1-25-16-9-8-15(12-17(16)26-2)19-22-23-20(27-19)28-13-18(24)21-11-10-14-6-4-3-5-7-14/h3-9,12H,10-11,13H2,1-2H3,(H,21,24). The molecule has 0 aliphatic heterocycles. The number of methoxy groups -OCH3 is 2. The van der Waals surface area contributed by atoms with Crippen molar-refractivity contribution in [1.29, 1.82) is 0 Å². The zero-order valence-electron chi connectivity index (χ0n) is 15.7. The van der Waals surface area contributed by atoms with Gasteiger partial charge in [-0.15, -0.1) is 10.2 Å². The molecule has 1 amide bonds. The van der Waals surface area contributed by atoms with Crippen LogP contribution in [0.25, 0.3) is 11.5 Å². The molecule has 0 radical (unpaired) electrons. The molecule has 0 saturated carbocycles. The molecule has 0 aliphatic carbocycles. The monoisotopic (exact) mass is 399 g/mol. The normalized spacial score (nSPS) is 10.5. The molecule has 0 spiro atoms. The van der Waals surface area contributed by atoms with Crippen molar-refractivity contribution in [2.45, 2.75) is 11.6 Å². The van der Waals surface area contributed by atoms with Crippen molar-refractivity contribution in [2.24, 2.45) is 0 Å². The predicted molar refractivity (Wildman–Crippen MR) is 107 cm³/mol. The van der Waals surface area contributed by atoms with Gasteiger partial charge in [0.05, 0.1) is 20.0 Å². The highest BCUT2D eigenvalue weighted by atomic mass is 32.2. The third kappa shape index (κ3) is 5.26. The first-order valence-electron chi connectivity index (χ1n) is 8.69. The van der Waals surface area contributed by atoms with Gasteiger partial charge in [0, 0.05) is 12.1 Å². The highest BCUT2D eigenvalue weighted by Crippen LogP contribution is 2.32. The maximum absolute atomic E-state index is 12.0. The lowest BCUT2D eigenvalue weighted by molar-refractivity contribution is -0.118. The summed E-state index contributed by atoms with van der Waals surface area (Å²) in [6, 6.07) is 15.3. The van der Waals surface area contributed by atoms with Gasteiger partial charge in [-0.25, -0.2) is 0 Å². The molecule has 0 aliphatic rings. The molecule has 3 rings (SSSR count). The first-order valence-corrected chi connectivity index (χ1v) is 9.67. The zero-order chi connectivity index (χ0) is 19.8. The summed E-state index contributed by atoms with van der Waals surface area (Å²) in [6.07, 6.45) is 0.793. The van der Waals surface area contributed by atoms with Crippen LogP contribution in [0.1, 0.15) is 5.56 Å². The van der Waals surface area contributed by atoms with Crippen LogP contribution >= 0.6 is 11.8 Å². The molecule has 1 aromatic heterocycles. The van der Waals surface area contributed by atoms with Gasteiger partial charge in [-0.3, -0.25) is 4.79 Å². The average Bonchev–Trinajstić information content (AvgIpc) is 3.21. The Morgan fingerprint density at radius 1 is 1.07 bits per heavy atom. The number of hydrogen-bond acceptors (Lipinski definition) is 7. The molecule has 1 heterocycles. The SMILES string of the molecule is COc1ccc(-c2nnc(SCC(=O)NCCc3ccccc3)o2)cc1OC. The lowest BCUT2D eigenvalue weighted by Gasteiger charge is -2.07. The van der Waals surface area contributed by atoms with Gasteiger partial charge in [0.2, 0.25) is 11.8 Å². The average molecular weight is 399 g/mol. The number of ether oxygens (including phenoxy) is 2. The first-order chi connectivity index (χ1) is 13.7. The molecule has 7 nitrogen and oxygen atoms in total. The predicted octanol–water partition coefficient (Wildman–Crippen LogP) is 3.20. The topological polar surface area (TPSA) is 86.5 Å². The molecule has 0 saturated heterocycles. The van der Waals surface area contributed by atoms with Crippen molar-refractivity contribution in [1.82, 2.24) is 15.5 Å². The van der Waals surface area contributed by atoms with Gasteiger partial charge in [0.25, 0.3) is 5.22 Å². The Morgan fingerprint density at radius 2 is 1.86 bits per heavy atom. The van der Waals surface area contributed by atoms with Crippen molar-refractivity contribution in [3.8, 4) is 23.0 Å². The molecule has 3 aromatic rings. The summed E-state index contributed by atoms with van der Waals surface area (Å²) in [4.78, 5) is 12.0. The van der Waals surface area contributed by atoms with Gasteiger partial charge >= 0.3 is 0 Å². The van der Waals surface area contributed by atoms with E-state index in [0.717, 1.165) is 6.42 Å². The van der Waals surface area contributed by atoms with E-state index >= 15 is 0 Å². The molecule has 28 heavy (non-hydrogen) atoms. The Bertz CT molecular complexity index is 915. The van der Waals surface area contributed by atoms with Crippen LogP contribution in [0.3, 0.4) is 0 Å². The number of nitrogens with zero attached hydrogens (tertiary/aromatic N) is 2. The highest BCUT2D eigenvalue weighted by molar-refractivity contribution is 7.99. The number of amides is 1. The quantitative estimate of drug-likeness (QED) is 0.553. The van der Waals surface area contributed by atoms with Crippen molar-refractivity contribution in [3.05, 3.63) is 54.1 Å². The van der Waals surface area contributed by atoms with Crippen molar-refractivity contribution in [3.63, 3.8) is 0 Å². The van der Waals surface area contributed by atoms with Crippen LogP contribution in [0.4, 0.5) is 0 Å². The third-order valence-corrected chi connectivity index (χ3v) is 4.76. The fourth-order valence-electron chi connectivity index (χ4n) is 2.52. The Hall–Kier alpha value is -3.00. The summed E-state index contributed by atoms with van der Waals surface area (Å²) < 4.78 is 16.1. The van der Waals surface area contributed by atoms with Crippen LogP contribution in [-0.2, 0) is 11.2 Å². The van der Waals surface area contributed by atoms with E-state index in [1.54, 1.807) is 32.4 Å². The summed E-state index contributed by atoms with van der Waals surface area (Å²) in [6.45, 7) is 0.587. The van der Waals surface area contributed by atoms with E-state index in [1.165, 1.54) is 17.3 Å². The summed E-state index contributed by atoms with van der Waals surface area (Å²) in [5, 5.41) is 11.2. The van der Waals surface area contributed by atoms with Crippen LogP contribution in [0.15, 0.2) is 58.2 Å². The smallest absolute Gasteiger partial charge is 0.277 e. The van der Waals surface area contributed by atoms with Crippen molar-refractivity contribution < 1.29 is 18.7 Å². The van der Waals surface area contributed by atoms with Crippen LogP contribution in [-0.4, -0.2) is 42.6 Å². The number of carbonyl (C=O) groups excluding carboxylic acids is 1. The molecule has 0 bridgehead atoms. The minimum absolute atomic E-state index is 0.0770. The van der Waals surface area contributed by atoms with Gasteiger partial charge in [-0.1, -0.05) is 42.1 Å². The number of carbonyl (C=O) groups is 1. The molecule has 0 fully saturated rings. The van der Waals surface area contributed by atoms with Gasteiger partial charge in [-0.2, -0.15) is 0 Å². The Morgan fingerprint density at radius 3 is 2.61 bits per heavy atom. The summed E-state index contributed by atoms with van der Waals surface area (Å²) in [5.41, 5.74) is 1.90. The van der Waals surface area contributed by atoms with Crippen molar-refractivity contribution in [2.75, 3.05) is 26.5 Å². The second-order valence-electron chi connectivity index (χ2n) is 5.82. The number of rotatable bonds is 9. The number of thioether (sulfide) groups is 1. The van der Waals surface area contributed by atoms with E-state index < -0.39 is 0 Å². The molecular formula is C20H21N3O4S. The van der Waals surface area contributed by atoms with Crippen LogP contribution in [0.2, 0.25) is 0 Å². The second kappa shape index (κ2) is 9.80. The van der Waals surface area contributed by atoms with Crippen LogP contribution in [0, 0.1) is 0 Å². The van der Waals surface area contributed by atoms with E-state index in [0.29, 0.717) is 34.7 Å². The Kier molecular flexibility index (Phi) is 6.91. The van der Waals surface area contributed by atoms with E-state index in [-0.39, 0.29) is 11.7 Å². The molecular weight excluding hydrogens is 378 g/mol. The minimum atomic E-state index is -0.0770. The maximum atomic E-state index is 12.0. The fraction of sp³-hybridized carbons (Fsp3) is 0.250. The fourth-order valence-corrected chi connectivity index (χ4v) is 3.12. The van der Waals surface area contributed by atoms with E-state index in [2.05, 4.69) is 15.5 Å². The van der Waals surface area contributed by atoms with E-state index in [4.69, 9.17) is 13.9 Å². The summed E-state index contributed by atoms with van der Waals surface area (Å²) in [7, 11) is 3.14. The lowest BCUT2D eigenvalue weighted by Crippen LogP contribution is -2.27. The second-order valence-corrected chi connectivity index (χ2v) is 6.74. The summed E-state index contributed by atoms with van der Waals surface area (Å²) in [5.74, 6) is 1.68. The van der Waals surface area contributed by atoms with Gasteiger partial charge in [-0.05, 0) is 30.2 Å². The van der Waals surface area contributed by atoms with Crippen molar-refractivity contribution >= 4 is 17.7 Å². The van der Waals surface area contributed by atoms with Crippen LogP contribution < -0.4 is 14.8 Å². The number of benzene rings is 2. The van der Waals surface area contributed by atoms with E-state index in [1.807, 2.05) is 30.3 Å². The Labute approximate surface area is 167 Å². The van der Waals surface area contributed by atoms with Crippen LogP contribution in [0.5, 0.6) is 11.5 Å². The number of aromatic nitrogens is 2. The minimum Gasteiger partial charge on any atom is -0.493 e. The lowest BCUT2D eigenvalue weighted by atomic mass is 10.1. The molecule has 2 aromatic carbocycles. The van der Waals surface area contributed by atoms with E-state index in [9.17, 15) is 4.79 Å². The number of hydrogen-bond donors (Lipinski definition) is 1. The highest BCUT2D eigenvalue weighted by Gasteiger charge is 2.13. The Balaban J connectivity index is 1.50. The maximum Gasteiger partial charge on any atom is 0.277 e. The summed E-state index contributed by atoms with van der Waals surface area (Å²) >= 11 is 1.20. The van der Waals surface area contributed by atoms with Gasteiger partial charge in [0.1, 0.15) is 0 Å². The molecule has 0 unspecified atom stereocenters. The zero-order valence-corrected chi connectivity index (χ0v) is 16.5. The molecule has 1 N–H and O–H groups in total. The largest absolute Gasteiger partial charge is 0.493 e. The van der Waals surface area contributed by atoms with Gasteiger partial charge < -0.3 is 19.2 Å². The third-order valence-electron chi connectivity index (χ3n) is 3.94. The molecule has 8 heteroatoms. The molecule has 0 atom stereocenters.